The van der Waals surface area contributed by atoms with Crippen molar-refractivity contribution in [3.8, 4) is 0 Å². The van der Waals surface area contributed by atoms with Gasteiger partial charge >= 0.3 is 0 Å². The topological polar surface area (TPSA) is 84.3 Å². The van der Waals surface area contributed by atoms with Gasteiger partial charge in [0.15, 0.2) is 0 Å². The minimum absolute atomic E-state index is 0.0391. The third-order valence-corrected chi connectivity index (χ3v) is 3.02. The molecular weight excluding hydrogens is 234 g/mol. The summed E-state index contributed by atoms with van der Waals surface area (Å²) in [4.78, 5) is 22.1. The minimum Gasteiger partial charge on any atom is -0.350 e. The Balaban J connectivity index is 1.97. The number of amides is 1. The van der Waals surface area contributed by atoms with Gasteiger partial charge in [0.25, 0.3) is 5.69 Å². The van der Waals surface area contributed by atoms with Gasteiger partial charge in [-0.15, -0.1) is 0 Å². The van der Waals surface area contributed by atoms with E-state index in [4.69, 9.17) is 0 Å². The van der Waals surface area contributed by atoms with Gasteiger partial charge < -0.3 is 10.6 Å². The molecule has 1 atom stereocenters. The fourth-order valence-electron chi connectivity index (χ4n) is 2.05. The van der Waals surface area contributed by atoms with Crippen LogP contribution in [-0.2, 0) is 11.3 Å². The number of rotatable bonds is 4. The molecule has 1 aliphatic rings. The van der Waals surface area contributed by atoms with Crippen LogP contribution in [0.5, 0.6) is 0 Å². The van der Waals surface area contributed by atoms with Gasteiger partial charge in [0.2, 0.25) is 5.91 Å². The van der Waals surface area contributed by atoms with Crippen LogP contribution in [0.2, 0.25) is 0 Å². The quantitative estimate of drug-likeness (QED) is 0.615. The highest BCUT2D eigenvalue weighted by Crippen LogP contribution is 2.17. The van der Waals surface area contributed by atoms with E-state index in [-0.39, 0.29) is 24.2 Å². The number of carbonyl (C=O) groups excluding carboxylic acids is 1. The summed E-state index contributed by atoms with van der Waals surface area (Å²) in [7, 11) is 0. The third kappa shape index (κ3) is 2.84. The molecule has 1 aliphatic heterocycles. The molecule has 0 spiro atoms. The molecule has 96 valence electrons. The van der Waals surface area contributed by atoms with Crippen LogP contribution in [0.4, 0.5) is 5.69 Å². The number of nitro groups is 1. The standard InChI is InChI=1S/C12H15N3O3/c16-12(10-5-3-7-13-10)14-8-9-4-1-2-6-11(9)15(17)18/h1-2,4,6,10,13H,3,5,7-8H2,(H,14,16)/t10-/m0/s1. The predicted octanol–water partition coefficient (Wildman–Crippen LogP) is 0.963. The maximum atomic E-state index is 11.8. The van der Waals surface area contributed by atoms with E-state index in [1.165, 1.54) is 6.07 Å². The van der Waals surface area contributed by atoms with Crippen LogP contribution < -0.4 is 10.6 Å². The largest absolute Gasteiger partial charge is 0.350 e. The second-order valence-corrected chi connectivity index (χ2v) is 4.25. The van der Waals surface area contributed by atoms with E-state index >= 15 is 0 Å². The van der Waals surface area contributed by atoms with E-state index in [1.807, 2.05) is 0 Å². The summed E-state index contributed by atoms with van der Waals surface area (Å²) < 4.78 is 0. The molecule has 0 unspecified atom stereocenters. The predicted molar refractivity (Wildman–Crippen MR) is 66.0 cm³/mol. The van der Waals surface area contributed by atoms with E-state index in [0.29, 0.717) is 5.56 Å². The van der Waals surface area contributed by atoms with Gasteiger partial charge in [0.1, 0.15) is 0 Å². The number of para-hydroxylation sites is 1. The maximum absolute atomic E-state index is 11.8. The minimum atomic E-state index is -0.435. The molecule has 2 rings (SSSR count). The smallest absolute Gasteiger partial charge is 0.274 e. The normalized spacial score (nSPS) is 18.6. The van der Waals surface area contributed by atoms with Crippen molar-refractivity contribution in [3.05, 3.63) is 39.9 Å². The van der Waals surface area contributed by atoms with Crippen LogP contribution in [0.1, 0.15) is 18.4 Å². The Morgan fingerprint density at radius 2 is 2.28 bits per heavy atom. The van der Waals surface area contributed by atoms with Gasteiger partial charge in [-0.3, -0.25) is 14.9 Å². The molecule has 1 amide bonds. The number of nitrogens with one attached hydrogen (secondary N) is 2. The average Bonchev–Trinajstić information content (AvgIpc) is 2.90. The molecule has 0 saturated carbocycles. The molecule has 0 aliphatic carbocycles. The second-order valence-electron chi connectivity index (χ2n) is 4.25. The van der Waals surface area contributed by atoms with Crippen LogP contribution in [0.3, 0.4) is 0 Å². The number of hydrogen-bond donors (Lipinski definition) is 2. The molecular formula is C12H15N3O3. The van der Waals surface area contributed by atoms with E-state index in [2.05, 4.69) is 10.6 Å². The first-order chi connectivity index (χ1) is 8.68. The zero-order valence-electron chi connectivity index (χ0n) is 9.89. The zero-order valence-corrected chi connectivity index (χ0v) is 9.89. The van der Waals surface area contributed by atoms with Crippen molar-refractivity contribution in [2.75, 3.05) is 6.54 Å². The molecule has 18 heavy (non-hydrogen) atoms. The molecule has 0 bridgehead atoms. The van der Waals surface area contributed by atoms with E-state index < -0.39 is 4.92 Å². The third-order valence-electron chi connectivity index (χ3n) is 3.02. The lowest BCUT2D eigenvalue weighted by atomic mass is 10.1. The fourth-order valence-corrected chi connectivity index (χ4v) is 2.05. The first-order valence-electron chi connectivity index (χ1n) is 5.92. The summed E-state index contributed by atoms with van der Waals surface area (Å²) in [5.41, 5.74) is 0.561. The van der Waals surface area contributed by atoms with Crippen molar-refractivity contribution in [1.82, 2.24) is 10.6 Å². The summed E-state index contributed by atoms with van der Waals surface area (Å²) in [6.45, 7) is 1.04. The van der Waals surface area contributed by atoms with Crippen molar-refractivity contribution in [1.29, 1.82) is 0 Å². The Kier molecular flexibility index (Phi) is 3.88. The summed E-state index contributed by atoms with van der Waals surface area (Å²) in [5, 5.41) is 16.6. The molecule has 1 aromatic carbocycles. The first kappa shape index (κ1) is 12.5. The van der Waals surface area contributed by atoms with Gasteiger partial charge in [-0.1, -0.05) is 18.2 Å². The molecule has 0 radical (unpaired) electrons. The van der Waals surface area contributed by atoms with Crippen LogP contribution >= 0.6 is 0 Å². The SMILES string of the molecule is O=C(NCc1ccccc1[N+](=O)[O-])[C@@H]1CCCN1. The van der Waals surface area contributed by atoms with Crippen molar-refractivity contribution in [2.45, 2.75) is 25.4 Å². The second kappa shape index (κ2) is 5.59. The molecule has 6 nitrogen and oxygen atoms in total. The maximum Gasteiger partial charge on any atom is 0.274 e. The van der Waals surface area contributed by atoms with Crippen LogP contribution in [0.25, 0.3) is 0 Å². The molecule has 1 heterocycles. The van der Waals surface area contributed by atoms with Crippen molar-refractivity contribution in [2.24, 2.45) is 0 Å². The van der Waals surface area contributed by atoms with Gasteiger partial charge in [0.05, 0.1) is 11.0 Å². The zero-order chi connectivity index (χ0) is 13.0. The van der Waals surface area contributed by atoms with Crippen LogP contribution in [0.15, 0.2) is 24.3 Å². The molecule has 0 aromatic heterocycles. The summed E-state index contributed by atoms with van der Waals surface area (Å²) in [5.74, 6) is -0.0920. The van der Waals surface area contributed by atoms with Gasteiger partial charge in [-0.25, -0.2) is 0 Å². The summed E-state index contributed by atoms with van der Waals surface area (Å²) >= 11 is 0. The lowest BCUT2D eigenvalue weighted by Crippen LogP contribution is -2.40. The number of benzene rings is 1. The van der Waals surface area contributed by atoms with Crippen molar-refractivity contribution >= 4 is 11.6 Å². The molecule has 6 heteroatoms. The van der Waals surface area contributed by atoms with Crippen molar-refractivity contribution in [3.63, 3.8) is 0 Å². The number of nitro benzene ring substituents is 1. The van der Waals surface area contributed by atoms with Gasteiger partial charge in [-0.05, 0) is 19.4 Å². The summed E-state index contributed by atoms with van der Waals surface area (Å²) in [6, 6.07) is 6.27. The number of nitrogens with zero attached hydrogens (tertiary/aromatic N) is 1. The van der Waals surface area contributed by atoms with Gasteiger partial charge in [-0.2, -0.15) is 0 Å². The van der Waals surface area contributed by atoms with Crippen LogP contribution in [0, 0.1) is 10.1 Å². The average molecular weight is 249 g/mol. The Morgan fingerprint density at radius 1 is 1.50 bits per heavy atom. The Hall–Kier alpha value is -1.95. The molecule has 1 aromatic rings. The highest BCUT2D eigenvalue weighted by atomic mass is 16.6. The van der Waals surface area contributed by atoms with E-state index in [9.17, 15) is 14.9 Å². The highest BCUT2D eigenvalue weighted by Gasteiger charge is 2.22. The highest BCUT2D eigenvalue weighted by molar-refractivity contribution is 5.82. The lowest BCUT2D eigenvalue weighted by Gasteiger charge is -2.11. The Labute approximate surface area is 105 Å². The van der Waals surface area contributed by atoms with E-state index in [1.54, 1.807) is 18.2 Å². The number of carbonyl (C=O) groups is 1. The van der Waals surface area contributed by atoms with Crippen LogP contribution in [-0.4, -0.2) is 23.4 Å². The van der Waals surface area contributed by atoms with E-state index in [0.717, 1.165) is 19.4 Å². The van der Waals surface area contributed by atoms with Crippen molar-refractivity contribution < 1.29 is 9.72 Å². The monoisotopic (exact) mass is 249 g/mol. The summed E-state index contributed by atoms with van der Waals surface area (Å²) in [6.07, 6.45) is 1.81. The Morgan fingerprint density at radius 3 is 2.94 bits per heavy atom. The Bertz CT molecular complexity index is 456. The molecule has 1 fully saturated rings. The molecule has 2 N–H and O–H groups in total. The first-order valence-corrected chi connectivity index (χ1v) is 5.92. The molecule has 1 saturated heterocycles. The fraction of sp³-hybridized carbons (Fsp3) is 0.417. The number of hydrogen-bond acceptors (Lipinski definition) is 4. The lowest BCUT2D eigenvalue weighted by molar-refractivity contribution is -0.385. The van der Waals surface area contributed by atoms with Gasteiger partial charge in [0, 0.05) is 18.2 Å².